The van der Waals surface area contributed by atoms with Crippen LogP contribution >= 0.6 is 11.8 Å². The zero-order valence-electron chi connectivity index (χ0n) is 20.3. The van der Waals surface area contributed by atoms with Crippen LogP contribution in [0.5, 0.6) is 11.5 Å². The second-order valence-electron chi connectivity index (χ2n) is 8.59. The number of ether oxygens (including phenoxy) is 2. The maximum atomic E-state index is 13.0. The second-order valence-corrected chi connectivity index (χ2v) is 9.59. The largest absolute Gasteiger partial charge is 0.496 e. The fourth-order valence-electron chi connectivity index (χ4n) is 4.29. The number of nitrogens with zero attached hydrogens (tertiary/aromatic N) is 2. The second kappa shape index (κ2) is 10.4. The van der Waals surface area contributed by atoms with Crippen molar-refractivity contribution in [3.05, 3.63) is 51.9 Å². The Balaban J connectivity index is 1.53. The summed E-state index contributed by atoms with van der Waals surface area (Å²) in [7, 11) is 3.17. The van der Waals surface area contributed by atoms with Crippen molar-refractivity contribution in [2.45, 2.75) is 26.7 Å². The third-order valence-electron chi connectivity index (χ3n) is 6.10. The molecule has 35 heavy (non-hydrogen) atoms. The fourth-order valence-corrected chi connectivity index (χ4v) is 5.12. The van der Waals surface area contributed by atoms with Crippen LogP contribution in [0.15, 0.2) is 35.2 Å². The smallest absolute Gasteiger partial charge is 0.294 e. The molecule has 1 N–H and O–H groups in total. The summed E-state index contributed by atoms with van der Waals surface area (Å²) in [5.41, 5.74) is 4.20. The average molecular weight is 496 g/mol. The van der Waals surface area contributed by atoms with Crippen LogP contribution in [0.4, 0.5) is 16.2 Å². The predicted molar refractivity (Wildman–Crippen MR) is 138 cm³/mol. The van der Waals surface area contributed by atoms with Gasteiger partial charge in [0.15, 0.2) is 0 Å². The van der Waals surface area contributed by atoms with Crippen LogP contribution in [0.2, 0.25) is 0 Å². The van der Waals surface area contributed by atoms with E-state index in [2.05, 4.69) is 10.2 Å². The molecule has 184 valence electrons. The van der Waals surface area contributed by atoms with E-state index in [1.807, 2.05) is 44.2 Å². The van der Waals surface area contributed by atoms with Gasteiger partial charge in [0, 0.05) is 30.4 Å². The van der Waals surface area contributed by atoms with Crippen LogP contribution in [0.25, 0.3) is 6.08 Å². The van der Waals surface area contributed by atoms with E-state index in [9.17, 15) is 14.4 Å². The van der Waals surface area contributed by atoms with Gasteiger partial charge in [-0.1, -0.05) is 17.7 Å². The third-order valence-corrected chi connectivity index (χ3v) is 7.00. The van der Waals surface area contributed by atoms with E-state index in [-0.39, 0.29) is 11.4 Å². The van der Waals surface area contributed by atoms with Crippen LogP contribution in [-0.2, 0) is 9.59 Å². The molecule has 2 fully saturated rings. The maximum Gasteiger partial charge on any atom is 0.294 e. The summed E-state index contributed by atoms with van der Waals surface area (Å²) in [5.74, 6) is 0.299. The average Bonchev–Trinajstić information content (AvgIpc) is 3.45. The molecule has 0 atom stereocenters. The summed E-state index contributed by atoms with van der Waals surface area (Å²) in [6.45, 7) is 5.39. The van der Waals surface area contributed by atoms with E-state index in [1.165, 1.54) is 0 Å². The summed E-state index contributed by atoms with van der Waals surface area (Å²) in [4.78, 5) is 41.6. The van der Waals surface area contributed by atoms with Crippen molar-refractivity contribution in [3.8, 4) is 11.5 Å². The van der Waals surface area contributed by atoms with Gasteiger partial charge in [-0.2, -0.15) is 0 Å². The topological polar surface area (TPSA) is 88.2 Å². The summed E-state index contributed by atoms with van der Waals surface area (Å²) < 4.78 is 11.2. The first-order valence-electron chi connectivity index (χ1n) is 11.4. The zero-order chi connectivity index (χ0) is 25.1. The van der Waals surface area contributed by atoms with E-state index >= 15 is 0 Å². The molecular weight excluding hydrogens is 466 g/mol. The Labute approximate surface area is 209 Å². The highest BCUT2D eigenvalue weighted by atomic mass is 32.2. The van der Waals surface area contributed by atoms with E-state index in [0.29, 0.717) is 22.7 Å². The minimum atomic E-state index is -0.514. The van der Waals surface area contributed by atoms with Gasteiger partial charge in [-0.25, -0.2) is 0 Å². The molecular formula is C26H29N3O5S. The number of hydrogen-bond donors (Lipinski definition) is 1. The Bertz CT molecular complexity index is 1200. The highest BCUT2D eigenvalue weighted by molar-refractivity contribution is 8.18. The lowest BCUT2D eigenvalue weighted by Crippen LogP contribution is -2.36. The first kappa shape index (κ1) is 24.7. The minimum Gasteiger partial charge on any atom is -0.496 e. The van der Waals surface area contributed by atoms with Crippen molar-refractivity contribution >= 4 is 46.3 Å². The standard InChI is InChI=1S/C26H29N3O5S/c1-16-7-8-19(17(2)11-16)27-24(30)15-29-25(31)23(35-26(29)32)13-18-12-22(34-4)20(14-21(18)33-3)28-9-5-6-10-28/h7-8,11-14H,5-6,9-10,15H2,1-4H3,(H,27,30)/b23-13-. The number of benzene rings is 2. The molecule has 0 bridgehead atoms. The summed E-state index contributed by atoms with van der Waals surface area (Å²) in [6, 6.07) is 9.37. The minimum absolute atomic E-state index is 0.226. The Morgan fingerprint density at radius 1 is 1.06 bits per heavy atom. The van der Waals surface area contributed by atoms with Crippen LogP contribution < -0.4 is 19.7 Å². The number of carbonyl (C=O) groups is 3. The normalized spacial score (nSPS) is 16.9. The summed E-state index contributed by atoms with van der Waals surface area (Å²) >= 11 is 0.804. The van der Waals surface area contributed by atoms with Crippen LogP contribution in [0.3, 0.4) is 0 Å². The molecule has 2 aromatic carbocycles. The lowest BCUT2D eigenvalue weighted by atomic mass is 10.1. The number of anilines is 2. The third kappa shape index (κ3) is 5.30. The molecule has 0 spiro atoms. The quantitative estimate of drug-likeness (QED) is 0.562. The van der Waals surface area contributed by atoms with E-state index in [4.69, 9.17) is 9.47 Å². The van der Waals surface area contributed by atoms with Gasteiger partial charge in [-0.3, -0.25) is 19.3 Å². The first-order chi connectivity index (χ1) is 16.8. The molecule has 3 amide bonds. The van der Waals surface area contributed by atoms with Crippen molar-refractivity contribution in [3.63, 3.8) is 0 Å². The lowest BCUT2D eigenvalue weighted by Gasteiger charge is -2.22. The van der Waals surface area contributed by atoms with E-state index in [1.54, 1.807) is 20.3 Å². The van der Waals surface area contributed by atoms with Crippen molar-refractivity contribution in [1.82, 2.24) is 4.90 Å². The molecule has 4 rings (SSSR count). The van der Waals surface area contributed by atoms with Gasteiger partial charge < -0.3 is 19.7 Å². The Morgan fingerprint density at radius 3 is 2.43 bits per heavy atom. The molecule has 2 aliphatic rings. The van der Waals surface area contributed by atoms with Crippen molar-refractivity contribution in [1.29, 1.82) is 0 Å². The number of rotatable bonds is 7. The van der Waals surface area contributed by atoms with E-state index < -0.39 is 17.1 Å². The van der Waals surface area contributed by atoms with Gasteiger partial charge in [0.05, 0.1) is 24.8 Å². The Kier molecular flexibility index (Phi) is 7.35. The maximum absolute atomic E-state index is 13.0. The van der Waals surface area contributed by atoms with Gasteiger partial charge >= 0.3 is 0 Å². The summed E-state index contributed by atoms with van der Waals surface area (Å²) in [5, 5.41) is 2.29. The Hall–Kier alpha value is -3.46. The number of imide groups is 1. The molecule has 0 unspecified atom stereocenters. The van der Waals surface area contributed by atoms with Gasteiger partial charge in [0.2, 0.25) is 5.91 Å². The molecule has 2 aliphatic heterocycles. The number of hydrogen-bond acceptors (Lipinski definition) is 7. The Morgan fingerprint density at radius 2 is 1.77 bits per heavy atom. The van der Waals surface area contributed by atoms with Gasteiger partial charge in [0.1, 0.15) is 18.0 Å². The first-order valence-corrected chi connectivity index (χ1v) is 12.3. The number of amides is 3. The molecule has 0 aromatic heterocycles. The van der Waals surface area contributed by atoms with Gasteiger partial charge in [-0.15, -0.1) is 0 Å². The number of methoxy groups -OCH3 is 2. The molecule has 0 saturated carbocycles. The molecule has 2 aromatic rings. The SMILES string of the molecule is COc1cc(N2CCCC2)c(OC)cc1/C=C1\SC(=O)N(CC(=O)Nc2ccc(C)cc2C)C1=O. The van der Waals surface area contributed by atoms with Crippen LogP contribution in [0, 0.1) is 13.8 Å². The zero-order valence-corrected chi connectivity index (χ0v) is 21.2. The lowest BCUT2D eigenvalue weighted by molar-refractivity contribution is -0.127. The van der Waals surface area contributed by atoms with Crippen LogP contribution in [0.1, 0.15) is 29.5 Å². The molecule has 9 heteroatoms. The highest BCUT2D eigenvalue weighted by Crippen LogP contribution is 2.40. The molecule has 0 aliphatic carbocycles. The van der Waals surface area contributed by atoms with Gasteiger partial charge in [-0.05, 0) is 62.2 Å². The molecule has 2 saturated heterocycles. The number of aryl methyl sites for hydroxylation is 2. The molecule has 8 nitrogen and oxygen atoms in total. The molecule has 0 radical (unpaired) electrons. The monoisotopic (exact) mass is 495 g/mol. The van der Waals surface area contributed by atoms with Gasteiger partial charge in [0.25, 0.3) is 11.1 Å². The number of thioether (sulfide) groups is 1. The number of nitrogens with one attached hydrogen (secondary N) is 1. The summed E-state index contributed by atoms with van der Waals surface area (Å²) in [6.07, 6.45) is 3.86. The van der Waals surface area contributed by atoms with Crippen molar-refractivity contribution in [2.24, 2.45) is 0 Å². The number of carbonyl (C=O) groups excluding carboxylic acids is 3. The van der Waals surface area contributed by atoms with E-state index in [0.717, 1.165) is 59.4 Å². The molecule has 2 heterocycles. The highest BCUT2D eigenvalue weighted by Gasteiger charge is 2.36. The predicted octanol–water partition coefficient (Wildman–Crippen LogP) is 4.60. The van der Waals surface area contributed by atoms with Crippen molar-refractivity contribution < 1.29 is 23.9 Å². The van der Waals surface area contributed by atoms with Crippen LogP contribution in [-0.4, -0.2) is 55.8 Å². The fraction of sp³-hybridized carbons (Fsp3) is 0.346. The van der Waals surface area contributed by atoms with Crippen molar-refractivity contribution in [2.75, 3.05) is 44.1 Å².